The lowest BCUT2D eigenvalue weighted by molar-refractivity contribution is 0.659. The van der Waals surface area contributed by atoms with Gasteiger partial charge in [-0.15, -0.1) is 0 Å². The topological polar surface area (TPSA) is 65.1 Å². The van der Waals surface area contributed by atoms with Crippen LogP contribution >= 0.6 is 11.6 Å². The predicted octanol–water partition coefficient (Wildman–Crippen LogP) is 4.10. The van der Waals surface area contributed by atoms with Crippen molar-refractivity contribution in [2.24, 2.45) is 5.10 Å². The van der Waals surface area contributed by atoms with E-state index in [0.29, 0.717) is 28.3 Å². The van der Waals surface area contributed by atoms with Crippen LogP contribution in [0.4, 0.5) is 0 Å². The van der Waals surface area contributed by atoms with Gasteiger partial charge in [-0.05, 0) is 44.5 Å². The molecule has 146 valence electrons. The van der Waals surface area contributed by atoms with Crippen molar-refractivity contribution < 1.29 is 0 Å². The van der Waals surface area contributed by atoms with E-state index in [1.54, 1.807) is 19.2 Å². The van der Waals surface area contributed by atoms with Gasteiger partial charge in [0.25, 0.3) is 5.56 Å². The van der Waals surface area contributed by atoms with E-state index in [1.807, 2.05) is 61.0 Å². The standard InChI is InChI=1S/C22H20ClN5O/c1-14-19(15(2)27(26-14)13-17-8-4-6-10-20(17)23)12-24-28-16(3)25-21-11-7-5-9-18(21)22(28)29/h4-12H,13H2,1-3H3/b24-12-. The highest BCUT2D eigenvalue weighted by Crippen LogP contribution is 2.19. The van der Waals surface area contributed by atoms with Crippen molar-refractivity contribution in [2.75, 3.05) is 0 Å². The van der Waals surface area contributed by atoms with Gasteiger partial charge in [0.05, 0.1) is 29.4 Å². The number of rotatable bonds is 4. The van der Waals surface area contributed by atoms with Crippen LogP contribution in [-0.4, -0.2) is 25.7 Å². The zero-order chi connectivity index (χ0) is 20.5. The van der Waals surface area contributed by atoms with Crippen molar-refractivity contribution in [3.8, 4) is 0 Å². The SMILES string of the molecule is Cc1nn(Cc2ccccc2Cl)c(C)c1/C=N\n1c(C)nc2ccccc2c1=O. The number of hydrogen-bond donors (Lipinski definition) is 0. The average Bonchev–Trinajstić information content (AvgIpc) is 2.97. The second-order valence-corrected chi connectivity index (χ2v) is 7.28. The summed E-state index contributed by atoms with van der Waals surface area (Å²) in [6.45, 7) is 6.24. The largest absolute Gasteiger partial charge is 0.282 e. The van der Waals surface area contributed by atoms with E-state index in [4.69, 9.17) is 11.6 Å². The molecule has 0 aliphatic carbocycles. The fourth-order valence-electron chi connectivity index (χ4n) is 3.33. The number of nitrogens with zero attached hydrogens (tertiary/aromatic N) is 5. The Morgan fingerprint density at radius 2 is 1.79 bits per heavy atom. The van der Waals surface area contributed by atoms with Crippen LogP contribution in [0.15, 0.2) is 58.4 Å². The molecule has 6 nitrogen and oxygen atoms in total. The molecule has 0 bridgehead atoms. The zero-order valence-corrected chi connectivity index (χ0v) is 17.2. The quantitative estimate of drug-likeness (QED) is 0.480. The van der Waals surface area contributed by atoms with Gasteiger partial charge in [0, 0.05) is 16.3 Å². The van der Waals surface area contributed by atoms with Crippen molar-refractivity contribution in [2.45, 2.75) is 27.3 Å². The monoisotopic (exact) mass is 405 g/mol. The smallest absolute Gasteiger partial charge is 0.267 e. The van der Waals surface area contributed by atoms with E-state index in [9.17, 15) is 4.79 Å². The Hall–Kier alpha value is -3.25. The molecule has 7 heteroatoms. The van der Waals surface area contributed by atoms with E-state index < -0.39 is 0 Å². The van der Waals surface area contributed by atoms with Gasteiger partial charge in [0.2, 0.25) is 0 Å². The van der Waals surface area contributed by atoms with Crippen LogP contribution in [0.3, 0.4) is 0 Å². The number of aromatic nitrogens is 4. The lowest BCUT2D eigenvalue weighted by atomic mass is 10.2. The molecule has 0 fully saturated rings. The molecule has 0 spiro atoms. The molecule has 0 aliphatic rings. The fraction of sp³-hybridized carbons (Fsp3) is 0.182. The van der Waals surface area contributed by atoms with Crippen LogP contribution in [0.1, 0.15) is 28.3 Å². The molecule has 4 aromatic rings. The van der Waals surface area contributed by atoms with E-state index in [-0.39, 0.29) is 5.56 Å². The molecular weight excluding hydrogens is 386 g/mol. The normalized spacial score (nSPS) is 11.6. The summed E-state index contributed by atoms with van der Waals surface area (Å²) in [5.41, 5.74) is 4.12. The van der Waals surface area contributed by atoms with E-state index in [2.05, 4.69) is 15.2 Å². The number of aryl methyl sites for hydroxylation is 2. The third-order valence-corrected chi connectivity index (χ3v) is 5.30. The van der Waals surface area contributed by atoms with Gasteiger partial charge < -0.3 is 0 Å². The predicted molar refractivity (Wildman–Crippen MR) is 116 cm³/mol. The highest BCUT2D eigenvalue weighted by Gasteiger charge is 2.12. The second kappa shape index (κ2) is 7.64. The van der Waals surface area contributed by atoms with Crippen LogP contribution in [0.25, 0.3) is 10.9 Å². The molecule has 29 heavy (non-hydrogen) atoms. The molecule has 0 unspecified atom stereocenters. The summed E-state index contributed by atoms with van der Waals surface area (Å²) in [4.78, 5) is 17.3. The first-order chi connectivity index (χ1) is 14.0. The number of para-hydroxylation sites is 1. The molecule has 0 radical (unpaired) electrons. The molecule has 0 N–H and O–H groups in total. The summed E-state index contributed by atoms with van der Waals surface area (Å²) in [7, 11) is 0. The highest BCUT2D eigenvalue weighted by molar-refractivity contribution is 6.31. The van der Waals surface area contributed by atoms with Gasteiger partial charge in [-0.25, -0.2) is 4.98 Å². The molecular formula is C22H20ClN5O. The molecule has 4 rings (SSSR count). The molecule has 2 aromatic heterocycles. The van der Waals surface area contributed by atoms with E-state index in [1.165, 1.54) is 4.68 Å². The van der Waals surface area contributed by atoms with Crippen molar-refractivity contribution in [3.63, 3.8) is 0 Å². The molecule has 2 aromatic carbocycles. The number of hydrogen-bond acceptors (Lipinski definition) is 4. The Balaban J connectivity index is 1.71. The Kier molecular flexibility index (Phi) is 5.03. The van der Waals surface area contributed by atoms with Crippen LogP contribution < -0.4 is 5.56 Å². The fourth-order valence-corrected chi connectivity index (χ4v) is 3.52. The summed E-state index contributed by atoms with van der Waals surface area (Å²) >= 11 is 6.28. The molecule has 0 saturated carbocycles. The first-order valence-electron chi connectivity index (χ1n) is 9.26. The minimum absolute atomic E-state index is 0.192. The van der Waals surface area contributed by atoms with Gasteiger partial charge in [0.15, 0.2) is 0 Å². The van der Waals surface area contributed by atoms with Crippen molar-refractivity contribution in [1.82, 2.24) is 19.4 Å². The molecule has 0 saturated heterocycles. The summed E-state index contributed by atoms with van der Waals surface area (Å²) in [5.74, 6) is 0.531. The van der Waals surface area contributed by atoms with E-state index >= 15 is 0 Å². The Bertz CT molecular complexity index is 1300. The molecule has 0 aliphatic heterocycles. The van der Waals surface area contributed by atoms with Gasteiger partial charge in [-0.2, -0.15) is 14.9 Å². The van der Waals surface area contributed by atoms with Crippen LogP contribution in [0, 0.1) is 20.8 Å². The Morgan fingerprint density at radius 1 is 1.07 bits per heavy atom. The first kappa shape index (κ1) is 19.1. The van der Waals surface area contributed by atoms with Crippen LogP contribution in [0.2, 0.25) is 5.02 Å². The lowest BCUT2D eigenvalue weighted by Crippen LogP contribution is -2.20. The van der Waals surface area contributed by atoms with E-state index in [0.717, 1.165) is 22.5 Å². The molecule has 0 atom stereocenters. The Labute approximate surface area is 173 Å². The molecule has 2 heterocycles. The third-order valence-electron chi connectivity index (χ3n) is 4.93. The van der Waals surface area contributed by atoms with Crippen molar-refractivity contribution in [1.29, 1.82) is 0 Å². The molecule has 0 amide bonds. The third kappa shape index (κ3) is 3.59. The van der Waals surface area contributed by atoms with Gasteiger partial charge in [0.1, 0.15) is 5.82 Å². The summed E-state index contributed by atoms with van der Waals surface area (Å²) in [5, 5.41) is 10.3. The highest BCUT2D eigenvalue weighted by atomic mass is 35.5. The first-order valence-corrected chi connectivity index (χ1v) is 9.63. The number of benzene rings is 2. The summed E-state index contributed by atoms with van der Waals surface area (Å²) in [6.07, 6.45) is 1.67. The summed E-state index contributed by atoms with van der Waals surface area (Å²) in [6, 6.07) is 15.0. The maximum atomic E-state index is 12.8. The van der Waals surface area contributed by atoms with Gasteiger partial charge in [-0.3, -0.25) is 9.48 Å². The van der Waals surface area contributed by atoms with Crippen molar-refractivity contribution >= 4 is 28.7 Å². The zero-order valence-electron chi connectivity index (χ0n) is 16.4. The van der Waals surface area contributed by atoms with Gasteiger partial charge in [-0.1, -0.05) is 41.9 Å². The maximum Gasteiger partial charge on any atom is 0.282 e. The average molecular weight is 406 g/mol. The minimum atomic E-state index is -0.192. The Morgan fingerprint density at radius 3 is 2.59 bits per heavy atom. The maximum absolute atomic E-state index is 12.8. The lowest BCUT2D eigenvalue weighted by Gasteiger charge is -2.07. The van der Waals surface area contributed by atoms with Crippen molar-refractivity contribution in [3.05, 3.63) is 92.2 Å². The van der Waals surface area contributed by atoms with Crippen LogP contribution in [-0.2, 0) is 6.54 Å². The van der Waals surface area contributed by atoms with Gasteiger partial charge >= 0.3 is 0 Å². The summed E-state index contributed by atoms with van der Waals surface area (Å²) < 4.78 is 3.22. The van der Waals surface area contributed by atoms with Crippen LogP contribution in [0.5, 0.6) is 0 Å². The second-order valence-electron chi connectivity index (χ2n) is 6.87. The number of fused-ring (bicyclic) bond motifs is 1. The minimum Gasteiger partial charge on any atom is -0.267 e. The number of halogens is 1.